The molecule has 0 bridgehead atoms. The van der Waals surface area contributed by atoms with Crippen LogP contribution in [-0.4, -0.2) is 64.7 Å². The van der Waals surface area contributed by atoms with E-state index in [-0.39, 0.29) is 65.6 Å². The fourth-order valence-electron chi connectivity index (χ4n) is 5.80. The van der Waals surface area contributed by atoms with Gasteiger partial charge in [0.15, 0.2) is 0 Å². The third-order valence-corrected chi connectivity index (χ3v) is 8.08. The summed E-state index contributed by atoms with van der Waals surface area (Å²) in [5.41, 5.74) is 6.07. The molecule has 5 rings (SSSR count). The van der Waals surface area contributed by atoms with Crippen LogP contribution in [0.1, 0.15) is 82.4 Å². The standard InChI is InChI=1S/C33H32F5N5O4.3C2H6/c1-17-13-19(43-11-12-47-16-25(43)33(3,37)38)15-23(34)27(17)30(44)41-24(31(45)46)14-18-6-7-21(28-20(18)5-4-10-40-28)29-22(32(2,35)36)8-9-26(39)42-29;3*1-2/h4-10,13,15,24-25H,11-12,14,16H2,1-3H3,(H2,39,42)(H,41,44)(H,45,46);3*1-2H3/t24-,25+;;;/m0.../s1. The first-order chi connectivity index (χ1) is 25.1. The van der Waals surface area contributed by atoms with Crippen LogP contribution in [0.15, 0.2) is 54.7 Å². The van der Waals surface area contributed by atoms with Gasteiger partial charge in [-0.25, -0.2) is 31.7 Å². The zero-order chi connectivity index (χ0) is 40.3. The molecule has 2 aromatic carbocycles. The van der Waals surface area contributed by atoms with Gasteiger partial charge in [-0.05, 0) is 48.4 Å². The summed E-state index contributed by atoms with van der Waals surface area (Å²) in [5, 5.41) is 12.8. The fourth-order valence-corrected chi connectivity index (χ4v) is 5.80. The number of aryl methyl sites for hydroxylation is 1. The molecule has 1 fully saturated rings. The number of carboxylic acid groups (broad SMARTS) is 1. The Morgan fingerprint density at radius 2 is 1.70 bits per heavy atom. The molecule has 14 heteroatoms. The average molecular weight is 748 g/mol. The maximum atomic E-state index is 15.4. The summed E-state index contributed by atoms with van der Waals surface area (Å²) < 4.78 is 78.2. The summed E-state index contributed by atoms with van der Waals surface area (Å²) in [4.78, 5) is 35.5. The van der Waals surface area contributed by atoms with Crippen molar-refractivity contribution in [3.63, 3.8) is 0 Å². The van der Waals surface area contributed by atoms with Crippen LogP contribution in [-0.2, 0) is 21.9 Å². The lowest BCUT2D eigenvalue weighted by Crippen LogP contribution is -2.54. The second-order valence-electron chi connectivity index (χ2n) is 11.6. The van der Waals surface area contributed by atoms with E-state index >= 15 is 4.39 Å². The lowest BCUT2D eigenvalue weighted by molar-refractivity contribution is -0.139. The first-order valence-electron chi connectivity index (χ1n) is 17.6. The molecule has 1 amide bonds. The molecule has 9 nitrogen and oxygen atoms in total. The second kappa shape index (κ2) is 19.3. The van der Waals surface area contributed by atoms with Crippen molar-refractivity contribution in [1.29, 1.82) is 0 Å². The van der Waals surface area contributed by atoms with Gasteiger partial charge in [0, 0.05) is 55.2 Å². The molecule has 1 saturated heterocycles. The molecule has 0 spiro atoms. The number of fused-ring (bicyclic) bond motifs is 1. The van der Waals surface area contributed by atoms with Gasteiger partial charge in [0.2, 0.25) is 0 Å². The Bertz CT molecular complexity index is 1820. The number of morpholine rings is 1. The molecule has 4 N–H and O–H groups in total. The molecule has 0 saturated carbocycles. The van der Waals surface area contributed by atoms with Crippen molar-refractivity contribution in [3.05, 3.63) is 82.8 Å². The predicted octanol–water partition coefficient (Wildman–Crippen LogP) is 8.80. The van der Waals surface area contributed by atoms with Gasteiger partial charge in [-0.15, -0.1) is 0 Å². The summed E-state index contributed by atoms with van der Waals surface area (Å²) in [5.74, 6) is -9.84. The number of benzene rings is 2. The number of nitrogen functional groups attached to an aromatic ring is 1. The number of pyridine rings is 2. The Hall–Kier alpha value is -4.85. The van der Waals surface area contributed by atoms with Gasteiger partial charge < -0.3 is 25.8 Å². The number of ether oxygens (including phenoxy) is 1. The zero-order valence-electron chi connectivity index (χ0n) is 31.7. The Morgan fingerprint density at radius 3 is 2.28 bits per heavy atom. The number of rotatable bonds is 9. The molecule has 4 aromatic rings. The van der Waals surface area contributed by atoms with Crippen molar-refractivity contribution in [2.45, 2.75) is 92.7 Å². The highest BCUT2D eigenvalue weighted by molar-refractivity contribution is 5.99. The maximum Gasteiger partial charge on any atom is 0.326 e. The topological polar surface area (TPSA) is 131 Å². The molecule has 2 aromatic heterocycles. The van der Waals surface area contributed by atoms with Crippen LogP contribution in [0, 0.1) is 12.7 Å². The molecule has 1 aliphatic rings. The van der Waals surface area contributed by atoms with Crippen LogP contribution in [0.25, 0.3) is 22.2 Å². The highest BCUT2D eigenvalue weighted by Crippen LogP contribution is 2.38. The predicted molar refractivity (Wildman–Crippen MR) is 199 cm³/mol. The molecule has 53 heavy (non-hydrogen) atoms. The van der Waals surface area contributed by atoms with E-state index in [2.05, 4.69) is 15.3 Å². The number of nitrogens with two attached hydrogens (primary N) is 1. The Balaban J connectivity index is 0.00000154. The number of nitrogens with one attached hydrogen (secondary N) is 1. The van der Waals surface area contributed by atoms with Gasteiger partial charge in [0.1, 0.15) is 23.7 Å². The van der Waals surface area contributed by atoms with E-state index in [0.717, 1.165) is 19.9 Å². The van der Waals surface area contributed by atoms with E-state index in [0.29, 0.717) is 10.9 Å². The van der Waals surface area contributed by atoms with Crippen LogP contribution < -0.4 is 16.0 Å². The Morgan fingerprint density at radius 1 is 1.04 bits per heavy atom. The van der Waals surface area contributed by atoms with Crippen LogP contribution in [0.5, 0.6) is 0 Å². The number of amides is 1. The lowest BCUT2D eigenvalue weighted by atomic mass is 9.94. The quantitative estimate of drug-likeness (QED) is 0.145. The molecule has 0 unspecified atom stereocenters. The summed E-state index contributed by atoms with van der Waals surface area (Å²) in [6.45, 7) is 14.9. The van der Waals surface area contributed by atoms with Crippen molar-refractivity contribution in [3.8, 4) is 11.3 Å². The molecular formula is C39H50F5N5O4. The van der Waals surface area contributed by atoms with E-state index in [1.165, 1.54) is 48.4 Å². The van der Waals surface area contributed by atoms with E-state index in [9.17, 15) is 32.3 Å². The van der Waals surface area contributed by atoms with E-state index in [1.807, 2.05) is 41.5 Å². The molecule has 2 atom stereocenters. The minimum Gasteiger partial charge on any atom is -0.480 e. The molecular weight excluding hydrogens is 697 g/mol. The van der Waals surface area contributed by atoms with Crippen molar-refractivity contribution >= 4 is 34.3 Å². The molecule has 0 aliphatic carbocycles. The highest BCUT2D eigenvalue weighted by Gasteiger charge is 2.41. The number of carbonyl (C=O) groups is 2. The third kappa shape index (κ3) is 10.6. The van der Waals surface area contributed by atoms with E-state index in [4.69, 9.17) is 10.5 Å². The summed E-state index contributed by atoms with van der Waals surface area (Å²) >= 11 is 0. The Labute approximate surface area is 307 Å². The van der Waals surface area contributed by atoms with Crippen molar-refractivity contribution < 1.29 is 41.4 Å². The van der Waals surface area contributed by atoms with E-state index in [1.54, 1.807) is 12.1 Å². The van der Waals surface area contributed by atoms with Crippen molar-refractivity contribution in [1.82, 2.24) is 15.3 Å². The van der Waals surface area contributed by atoms with Gasteiger partial charge in [-0.3, -0.25) is 9.78 Å². The minimum atomic E-state index is -3.26. The molecule has 290 valence electrons. The number of carbonyl (C=O) groups excluding carboxylic acids is 1. The average Bonchev–Trinajstić information content (AvgIpc) is 3.12. The monoisotopic (exact) mass is 747 g/mol. The first-order valence-corrected chi connectivity index (χ1v) is 17.6. The lowest BCUT2D eigenvalue weighted by Gasteiger charge is -2.40. The van der Waals surface area contributed by atoms with Crippen LogP contribution in [0.3, 0.4) is 0 Å². The fraction of sp³-hybridized carbons (Fsp3) is 0.436. The number of nitrogens with zero attached hydrogens (tertiary/aromatic N) is 3. The van der Waals surface area contributed by atoms with Gasteiger partial charge in [-0.2, -0.15) is 0 Å². The summed E-state index contributed by atoms with van der Waals surface area (Å²) in [6, 6.07) is 8.13. The number of hydrogen-bond acceptors (Lipinski definition) is 7. The van der Waals surface area contributed by atoms with Crippen molar-refractivity contribution in [2.24, 2.45) is 0 Å². The number of hydrogen-bond donors (Lipinski definition) is 3. The number of halogens is 5. The number of carboxylic acids is 1. The smallest absolute Gasteiger partial charge is 0.326 e. The molecule has 0 radical (unpaired) electrons. The largest absolute Gasteiger partial charge is 0.480 e. The minimum absolute atomic E-state index is 0.0124. The molecule has 3 heterocycles. The number of aromatic nitrogens is 2. The highest BCUT2D eigenvalue weighted by atomic mass is 19.3. The summed E-state index contributed by atoms with van der Waals surface area (Å²) in [6.07, 6.45) is 1.17. The maximum absolute atomic E-state index is 15.4. The number of anilines is 2. The first kappa shape index (κ1) is 44.3. The van der Waals surface area contributed by atoms with E-state index < -0.39 is 47.2 Å². The second-order valence-corrected chi connectivity index (χ2v) is 11.6. The SMILES string of the molecule is CC.CC.CC.Cc1cc(N2CCOC[C@@H]2C(C)(F)F)cc(F)c1C(=O)N[C@@H](Cc1ccc(-c2nc(N)ccc2C(C)(F)F)c2ncccc12)C(=O)O. The van der Waals surface area contributed by atoms with Gasteiger partial charge >= 0.3 is 5.97 Å². The Kier molecular flexibility index (Phi) is 16.1. The van der Waals surface area contributed by atoms with Crippen LogP contribution in [0.2, 0.25) is 0 Å². The van der Waals surface area contributed by atoms with Crippen LogP contribution >= 0.6 is 0 Å². The molecule has 1 aliphatic heterocycles. The zero-order valence-corrected chi connectivity index (χ0v) is 31.7. The van der Waals surface area contributed by atoms with Gasteiger partial charge in [0.05, 0.1) is 30.0 Å². The van der Waals surface area contributed by atoms with Crippen molar-refractivity contribution in [2.75, 3.05) is 30.4 Å². The summed E-state index contributed by atoms with van der Waals surface area (Å²) in [7, 11) is 0. The van der Waals surface area contributed by atoms with Gasteiger partial charge in [0.25, 0.3) is 17.8 Å². The third-order valence-electron chi connectivity index (χ3n) is 8.08. The number of alkyl halides is 4. The van der Waals surface area contributed by atoms with Gasteiger partial charge in [-0.1, -0.05) is 59.7 Å². The van der Waals surface area contributed by atoms with Crippen LogP contribution in [0.4, 0.5) is 33.5 Å². The number of aliphatic carboxylic acids is 1. The normalized spacial score (nSPS) is 14.8.